The number of halogens is 2. The van der Waals surface area contributed by atoms with Gasteiger partial charge in [-0.1, -0.05) is 0 Å². The van der Waals surface area contributed by atoms with Gasteiger partial charge in [0.05, 0.1) is 50.7 Å². The van der Waals surface area contributed by atoms with E-state index in [1.165, 1.54) is 44.2 Å². The van der Waals surface area contributed by atoms with E-state index in [9.17, 15) is 38.4 Å². The Labute approximate surface area is 327 Å². The van der Waals surface area contributed by atoms with Gasteiger partial charge in [-0.2, -0.15) is 0 Å². The van der Waals surface area contributed by atoms with E-state index < -0.39 is 90.0 Å². The molecule has 19 heteroatoms. The Morgan fingerprint density at radius 3 is 2.25 bits per heavy atom. The van der Waals surface area contributed by atoms with Crippen molar-refractivity contribution in [2.45, 2.75) is 58.2 Å². The van der Waals surface area contributed by atoms with E-state index in [-0.39, 0.29) is 78.4 Å². The fourth-order valence-corrected chi connectivity index (χ4v) is 7.10. The predicted molar refractivity (Wildman–Crippen MR) is 195 cm³/mol. The van der Waals surface area contributed by atoms with Crippen LogP contribution in [0.5, 0.6) is 17.2 Å². The molecule has 0 aliphatic carbocycles. The Kier molecular flexibility index (Phi) is 13.3. The van der Waals surface area contributed by atoms with Crippen LogP contribution in [0.25, 0.3) is 10.1 Å². The number of amides is 4. The molecular weight excluding hydrogens is 776 g/mol. The first-order chi connectivity index (χ1) is 27.1. The lowest BCUT2D eigenvalue weighted by Gasteiger charge is -2.16. The molecule has 2 aromatic carbocycles. The second-order valence-corrected chi connectivity index (χ2v) is 14.0. The van der Waals surface area contributed by atoms with Crippen LogP contribution in [0.1, 0.15) is 70.2 Å². The number of carbonyl (C=O) groups excluding carboxylic acids is 7. The summed E-state index contributed by atoms with van der Waals surface area (Å²) in [6.07, 6.45) is -0.378. The highest BCUT2D eigenvalue weighted by atomic mass is 32.1. The first-order valence-electron chi connectivity index (χ1n) is 17.5. The lowest BCUT2D eigenvalue weighted by atomic mass is 10.0. The van der Waals surface area contributed by atoms with Crippen LogP contribution in [0.3, 0.4) is 0 Å². The summed E-state index contributed by atoms with van der Waals surface area (Å²) in [6.45, 7) is 0.402. The highest BCUT2D eigenvalue weighted by Gasteiger charge is 2.31. The van der Waals surface area contributed by atoms with Crippen molar-refractivity contribution in [2.75, 3.05) is 33.9 Å². The Bertz CT molecular complexity index is 2180. The molecule has 0 saturated heterocycles. The molecule has 5 rings (SSSR count). The average Bonchev–Trinajstić information content (AvgIpc) is 3.90. The molecule has 0 spiro atoms. The van der Waals surface area contributed by atoms with Crippen LogP contribution >= 0.6 is 11.3 Å². The quantitative estimate of drug-likeness (QED) is 0.101. The van der Waals surface area contributed by atoms with Crippen molar-refractivity contribution < 1.29 is 71.2 Å². The number of benzene rings is 2. The highest BCUT2D eigenvalue weighted by molar-refractivity contribution is 7.20. The van der Waals surface area contributed by atoms with Crippen molar-refractivity contribution in [3.05, 3.63) is 63.6 Å². The summed E-state index contributed by atoms with van der Waals surface area (Å²) in [5.41, 5.74) is 0.189. The Morgan fingerprint density at radius 1 is 0.877 bits per heavy atom. The monoisotopic (exact) mass is 813 g/mol. The average molecular weight is 814 g/mol. The molecule has 57 heavy (non-hydrogen) atoms. The van der Waals surface area contributed by atoms with Gasteiger partial charge in [-0.15, -0.1) is 11.3 Å². The number of carboxylic acids is 1. The van der Waals surface area contributed by atoms with Gasteiger partial charge in [-0.05, 0) is 30.7 Å². The molecule has 0 saturated carbocycles. The zero-order chi connectivity index (χ0) is 41.6. The van der Waals surface area contributed by atoms with Gasteiger partial charge in [0.15, 0.2) is 28.9 Å². The minimum atomic E-state index is -1.14. The molecule has 3 heterocycles. The van der Waals surface area contributed by atoms with Crippen molar-refractivity contribution in [2.24, 2.45) is 0 Å². The molecule has 16 nitrogen and oxygen atoms in total. The number of fused-ring (bicyclic) bond motifs is 2. The largest absolute Gasteiger partial charge is 0.496 e. The van der Waals surface area contributed by atoms with Gasteiger partial charge in [-0.25, -0.2) is 8.78 Å². The molecule has 0 radical (unpaired) electrons. The molecule has 0 unspecified atom stereocenters. The minimum absolute atomic E-state index is 0.00354. The van der Waals surface area contributed by atoms with Gasteiger partial charge in [0.1, 0.15) is 24.2 Å². The number of rotatable bonds is 19. The molecule has 2 aliphatic rings. The number of ether oxygens (including phenoxy) is 4. The van der Waals surface area contributed by atoms with Gasteiger partial charge >= 0.3 is 11.9 Å². The lowest BCUT2D eigenvalue weighted by Crippen LogP contribution is -2.42. The summed E-state index contributed by atoms with van der Waals surface area (Å²) < 4.78 is 53.3. The number of Topliss-reactive ketones (excluding diaryl/α,β-unsaturated/α-hetero) is 2. The topological polar surface area (TPSA) is 212 Å². The van der Waals surface area contributed by atoms with Gasteiger partial charge in [0.25, 0.3) is 11.8 Å². The maximum Gasteiger partial charge on any atom is 0.306 e. The number of aliphatic carboxylic acids is 1. The normalized spacial score (nSPS) is 13.8. The number of carbonyl (C=O) groups is 8. The fraction of sp³-hybridized carbons (Fsp3) is 0.368. The van der Waals surface area contributed by atoms with Gasteiger partial charge < -0.3 is 34.3 Å². The summed E-state index contributed by atoms with van der Waals surface area (Å²) >= 11 is 0.928. The van der Waals surface area contributed by atoms with Crippen LogP contribution in [0, 0.1) is 11.6 Å². The summed E-state index contributed by atoms with van der Waals surface area (Å²) in [7, 11) is 2.52. The maximum atomic E-state index is 15.9. The number of esters is 1. The third-order valence-corrected chi connectivity index (χ3v) is 10.1. The second kappa shape index (κ2) is 18.1. The summed E-state index contributed by atoms with van der Waals surface area (Å²) in [6, 6.07) is 4.15. The third-order valence-electron chi connectivity index (χ3n) is 8.97. The number of nitrogens with zero attached hydrogens (tertiary/aromatic N) is 2. The standard InChI is InChI=1S/C38H37F2N3O13S/c1-19(15-41-29(46)18-43-31(48)5-6-32(43)49)56-34(52)9-4-23(44)28-13-21-27(57-28)14-25(53-2)35(36(21)39)24(45)10-11-55-38-26(54-3)12-20-16-42(17-22(20)37(38)40)30(47)7-8-33(50)51/h5-6,12-14,19H,4,7-11,15-18H2,1-3H3,(H,41,46)(H,50,51)/t19-/m0/s1. The summed E-state index contributed by atoms with van der Waals surface area (Å²) in [4.78, 5) is 99.6. The van der Waals surface area contributed by atoms with E-state index in [0.717, 1.165) is 28.4 Å². The molecule has 1 aromatic heterocycles. The molecule has 2 N–H and O–H groups in total. The molecular formula is C38H37F2N3O13S. The predicted octanol–water partition coefficient (Wildman–Crippen LogP) is 3.49. The zero-order valence-electron chi connectivity index (χ0n) is 30.9. The zero-order valence-corrected chi connectivity index (χ0v) is 31.8. The van der Waals surface area contributed by atoms with Gasteiger partial charge in [-0.3, -0.25) is 43.3 Å². The first kappa shape index (κ1) is 41.9. The number of hydrogen-bond donors (Lipinski definition) is 2. The minimum Gasteiger partial charge on any atom is -0.496 e. The van der Waals surface area contributed by atoms with Gasteiger partial charge in [0.2, 0.25) is 11.8 Å². The van der Waals surface area contributed by atoms with Crippen molar-refractivity contribution >= 4 is 68.6 Å². The lowest BCUT2D eigenvalue weighted by molar-refractivity contribution is -0.148. The molecule has 4 amide bonds. The second-order valence-electron chi connectivity index (χ2n) is 12.9. The number of carboxylic acid groups (broad SMARTS) is 1. The molecule has 2 aliphatic heterocycles. The van der Waals surface area contributed by atoms with Crippen LogP contribution in [-0.2, 0) is 46.6 Å². The smallest absolute Gasteiger partial charge is 0.306 e. The Hall–Kier alpha value is -6.24. The van der Waals surface area contributed by atoms with Crippen LogP contribution < -0.4 is 19.5 Å². The Balaban J connectivity index is 1.16. The van der Waals surface area contributed by atoms with Crippen molar-refractivity contribution in [3.63, 3.8) is 0 Å². The number of thiophene rings is 1. The van der Waals surface area contributed by atoms with Crippen molar-refractivity contribution in [1.29, 1.82) is 0 Å². The molecule has 302 valence electrons. The number of hydrogen-bond acceptors (Lipinski definition) is 13. The van der Waals surface area contributed by atoms with E-state index >= 15 is 8.78 Å². The van der Waals surface area contributed by atoms with Crippen LogP contribution in [-0.4, -0.2) is 102 Å². The van der Waals surface area contributed by atoms with Crippen molar-refractivity contribution in [1.82, 2.24) is 15.1 Å². The SMILES string of the molecule is COc1cc2c(c(F)c1OCCC(=O)c1c(OC)cc3sc(C(=O)CCC(=O)O[C@@H](C)CNC(=O)CN4C(=O)C=CC4=O)cc3c1F)CN(C(=O)CCC(=O)O)C2. The Morgan fingerprint density at radius 2 is 1.58 bits per heavy atom. The molecule has 1 atom stereocenters. The van der Waals surface area contributed by atoms with Crippen LogP contribution in [0.15, 0.2) is 30.4 Å². The van der Waals surface area contributed by atoms with E-state index in [1.807, 2.05) is 0 Å². The van der Waals surface area contributed by atoms with Gasteiger partial charge in [0, 0.05) is 60.2 Å². The summed E-state index contributed by atoms with van der Waals surface area (Å²) in [5, 5.41) is 11.3. The number of imide groups is 1. The summed E-state index contributed by atoms with van der Waals surface area (Å²) in [5.74, 6) is -7.67. The number of nitrogens with one attached hydrogen (secondary N) is 1. The van der Waals surface area contributed by atoms with E-state index in [1.54, 1.807) is 0 Å². The fourth-order valence-electron chi connectivity index (χ4n) is 6.05. The van der Waals surface area contributed by atoms with E-state index in [2.05, 4.69) is 5.32 Å². The van der Waals surface area contributed by atoms with E-state index in [0.29, 0.717) is 10.3 Å². The van der Waals surface area contributed by atoms with Crippen LogP contribution in [0.2, 0.25) is 0 Å². The van der Waals surface area contributed by atoms with E-state index in [4.69, 9.17) is 24.1 Å². The number of ketones is 2. The van der Waals surface area contributed by atoms with Crippen molar-refractivity contribution in [3.8, 4) is 17.2 Å². The molecule has 0 bridgehead atoms. The third kappa shape index (κ3) is 9.77. The molecule has 0 fully saturated rings. The highest BCUT2D eigenvalue weighted by Crippen LogP contribution is 2.40. The maximum absolute atomic E-state index is 15.9. The number of methoxy groups -OCH3 is 2. The molecule has 3 aromatic rings. The first-order valence-corrected chi connectivity index (χ1v) is 18.3. The van der Waals surface area contributed by atoms with Crippen LogP contribution in [0.4, 0.5) is 8.78 Å².